The van der Waals surface area contributed by atoms with Crippen molar-refractivity contribution in [3.8, 4) is 22.7 Å². The first-order chi connectivity index (χ1) is 9.70. The molecule has 0 aromatic carbocycles. The van der Waals surface area contributed by atoms with Gasteiger partial charge in [0.15, 0.2) is 5.76 Å². The lowest BCUT2D eigenvalue weighted by molar-refractivity contribution is 0.526. The molecular formula is C15H16N4O. The highest BCUT2D eigenvalue weighted by Gasteiger charge is 2.20. The highest BCUT2D eigenvalue weighted by atomic mass is 16.3. The maximum atomic E-state index is 6.13. The number of hydrogen-bond acceptors (Lipinski definition) is 4. The van der Waals surface area contributed by atoms with E-state index in [1.807, 2.05) is 37.4 Å². The van der Waals surface area contributed by atoms with E-state index >= 15 is 0 Å². The Balaban J connectivity index is 2.19. The number of pyridine rings is 1. The van der Waals surface area contributed by atoms with Crippen molar-refractivity contribution in [1.82, 2.24) is 14.8 Å². The minimum Gasteiger partial charge on any atom is -0.459 e. The third kappa shape index (κ3) is 1.97. The Hall–Kier alpha value is -2.56. The van der Waals surface area contributed by atoms with Crippen LogP contribution < -0.4 is 5.73 Å². The van der Waals surface area contributed by atoms with Gasteiger partial charge in [-0.15, -0.1) is 0 Å². The van der Waals surface area contributed by atoms with Crippen molar-refractivity contribution in [1.29, 1.82) is 0 Å². The minimum atomic E-state index is 0.577. The molecule has 0 aliphatic heterocycles. The van der Waals surface area contributed by atoms with Crippen LogP contribution >= 0.6 is 0 Å². The summed E-state index contributed by atoms with van der Waals surface area (Å²) in [5.74, 6) is 2.22. The first kappa shape index (κ1) is 12.5. The molecule has 102 valence electrons. The molecule has 2 N–H and O–H groups in total. The number of nitrogens with two attached hydrogens (primary N) is 1. The molecule has 0 saturated heterocycles. The van der Waals surface area contributed by atoms with Crippen LogP contribution in [0.1, 0.15) is 12.7 Å². The fourth-order valence-electron chi connectivity index (χ4n) is 2.17. The minimum absolute atomic E-state index is 0.577. The molecule has 0 aliphatic rings. The third-order valence-corrected chi connectivity index (χ3v) is 3.26. The van der Waals surface area contributed by atoms with Crippen molar-refractivity contribution in [2.75, 3.05) is 5.73 Å². The molecule has 5 nitrogen and oxygen atoms in total. The van der Waals surface area contributed by atoms with E-state index in [1.54, 1.807) is 10.9 Å². The number of nitrogen functional groups attached to an aromatic ring is 1. The van der Waals surface area contributed by atoms with Crippen LogP contribution in [0.2, 0.25) is 0 Å². The fraction of sp³-hybridized carbons (Fsp3) is 0.200. The molecule has 0 bridgehead atoms. The van der Waals surface area contributed by atoms with Crippen LogP contribution in [0.4, 0.5) is 5.82 Å². The van der Waals surface area contributed by atoms with Gasteiger partial charge in [-0.25, -0.2) is 0 Å². The van der Waals surface area contributed by atoms with E-state index < -0.39 is 0 Å². The standard InChI is InChI=1S/C15H16N4O/c1-3-10-7-8-12(20-10)14-13(15(16)19(2)18-14)11-6-4-5-9-17-11/h4-9H,3,16H2,1-2H3. The topological polar surface area (TPSA) is 69.9 Å². The van der Waals surface area contributed by atoms with E-state index in [9.17, 15) is 0 Å². The average molecular weight is 268 g/mol. The van der Waals surface area contributed by atoms with Crippen molar-refractivity contribution in [2.24, 2.45) is 7.05 Å². The van der Waals surface area contributed by atoms with Gasteiger partial charge in [-0.3, -0.25) is 9.67 Å². The molecule has 0 radical (unpaired) electrons. The van der Waals surface area contributed by atoms with Crippen LogP contribution in [0.3, 0.4) is 0 Å². The zero-order valence-corrected chi connectivity index (χ0v) is 11.5. The maximum Gasteiger partial charge on any atom is 0.155 e. The number of aryl methyl sites for hydroxylation is 2. The highest BCUT2D eigenvalue weighted by Crippen LogP contribution is 2.35. The molecule has 0 atom stereocenters. The molecular weight excluding hydrogens is 252 g/mol. The second kappa shape index (κ2) is 4.85. The summed E-state index contributed by atoms with van der Waals surface area (Å²) in [5, 5.41) is 4.46. The van der Waals surface area contributed by atoms with Crippen molar-refractivity contribution < 1.29 is 4.42 Å². The summed E-state index contributed by atoms with van der Waals surface area (Å²) in [5.41, 5.74) is 8.46. The molecule has 3 aromatic heterocycles. The van der Waals surface area contributed by atoms with Crippen molar-refractivity contribution in [3.63, 3.8) is 0 Å². The number of hydrogen-bond donors (Lipinski definition) is 1. The summed E-state index contributed by atoms with van der Waals surface area (Å²) < 4.78 is 7.44. The Labute approximate surface area is 117 Å². The molecule has 0 amide bonds. The number of furan rings is 1. The Kier molecular flexibility index (Phi) is 3.02. The van der Waals surface area contributed by atoms with Crippen LogP contribution in [0.5, 0.6) is 0 Å². The van der Waals surface area contributed by atoms with E-state index in [4.69, 9.17) is 10.2 Å². The lowest BCUT2D eigenvalue weighted by Crippen LogP contribution is -1.98. The molecule has 3 aromatic rings. The van der Waals surface area contributed by atoms with Gasteiger partial charge in [0.25, 0.3) is 0 Å². The molecule has 0 fully saturated rings. The van der Waals surface area contributed by atoms with Crippen LogP contribution in [-0.4, -0.2) is 14.8 Å². The predicted octanol–water partition coefficient (Wildman–Crippen LogP) is 2.89. The van der Waals surface area contributed by atoms with E-state index in [0.29, 0.717) is 5.82 Å². The number of anilines is 1. The molecule has 3 rings (SSSR count). The quantitative estimate of drug-likeness (QED) is 0.793. The summed E-state index contributed by atoms with van der Waals surface area (Å²) in [4.78, 5) is 4.36. The highest BCUT2D eigenvalue weighted by molar-refractivity contribution is 5.84. The van der Waals surface area contributed by atoms with Crippen LogP contribution in [0, 0.1) is 0 Å². The zero-order chi connectivity index (χ0) is 14.1. The van der Waals surface area contributed by atoms with Gasteiger partial charge < -0.3 is 10.2 Å². The van der Waals surface area contributed by atoms with E-state index in [-0.39, 0.29) is 0 Å². The van der Waals surface area contributed by atoms with Gasteiger partial charge >= 0.3 is 0 Å². The summed E-state index contributed by atoms with van der Waals surface area (Å²) in [6.07, 6.45) is 2.59. The number of aromatic nitrogens is 3. The summed E-state index contributed by atoms with van der Waals surface area (Å²) in [7, 11) is 1.81. The van der Waals surface area contributed by atoms with E-state index in [1.165, 1.54) is 0 Å². The SMILES string of the molecule is CCc1ccc(-c2nn(C)c(N)c2-c2ccccn2)o1. The Morgan fingerprint density at radius 2 is 2.10 bits per heavy atom. The van der Waals surface area contributed by atoms with Gasteiger partial charge in [-0.1, -0.05) is 13.0 Å². The van der Waals surface area contributed by atoms with Crippen molar-refractivity contribution >= 4 is 5.82 Å². The molecule has 0 spiro atoms. The number of nitrogens with zero attached hydrogens (tertiary/aromatic N) is 3. The number of rotatable bonds is 3. The lowest BCUT2D eigenvalue weighted by atomic mass is 10.1. The molecule has 0 unspecified atom stereocenters. The van der Waals surface area contributed by atoms with Gasteiger partial charge in [-0.05, 0) is 24.3 Å². The average Bonchev–Trinajstić information content (AvgIpc) is 3.06. The molecule has 20 heavy (non-hydrogen) atoms. The second-order valence-electron chi connectivity index (χ2n) is 4.57. The smallest absolute Gasteiger partial charge is 0.155 e. The van der Waals surface area contributed by atoms with Gasteiger partial charge in [0, 0.05) is 19.7 Å². The van der Waals surface area contributed by atoms with E-state index in [2.05, 4.69) is 17.0 Å². The van der Waals surface area contributed by atoms with Gasteiger partial charge in [0.2, 0.25) is 0 Å². The van der Waals surface area contributed by atoms with E-state index in [0.717, 1.165) is 34.9 Å². The summed E-state index contributed by atoms with van der Waals surface area (Å²) in [6, 6.07) is 9.60. The normalized spacial score (nSPS) is 10.9. The van der Waals surface area contributed by atoms with Gasteiger partial charge in [0.1, 0.15) is 17.3 Å². The van der Waals surface area contributed by atoms with Crippen LogP contribution in [0.25, 0.3) is 22.7 Å². The van der Waals surface area contributed by atoms with Gasteiger partial charge in [0.05, 0.1) is 11.3 Å². The Bertz CT molecular complexity index is 728. The summed E-state index contributed by atoms with van der Waals surface area (Å²) in [6.45, 7) is 2.05. The molecule has 0 saturated carbocycles. The molecule has 3 heterocycles. The molecule has 5 heteroatoms. The first-order valence-electron chi connectivity index (χ1n) is 6.53. The van der Waals surface area contributed by atoms with Crippen molar-refractivity contribution in [3.05, 3.63) is 42.3 Å². The fourth-order valence-corrected chi connectivity index (χ4v) is 2.17. The van der Waals surface area contributed by atoms with Crippen LogP contribution in [-0.2, 0) is 13.5 Å². The predicted molar refractivity (Wildman–Crippen MR) is 77.9 cm³/mol. The van der Waals surface area contributed by atoms with Crippen molar-refractivity contribution in [2.45, 2.75) is 13.3 Å². The third-order valence-electron chi connectivity index (χ3n) is 3.26. The maximum absolute atomic E-state index is 6.13. The largest absolute Gasteiger partial charge is 0.459 e. The Morgan fingerprint density at radius 3 is 2.75 bits per heavy atom. The molecule has 0 aliphatic carbocycles. The monoisotopic (exact) mass is 268 g/mol. The second-order valence-corrected chi connectivity index (χ2v) is 4.57. The Morgan fingerprint density at radius 1 is 1.25 bits per heavy atom. The first-order valence-corrected chi connectivity index (χ1v) is 6.53. The van der Waals surface area contributed by atoms with Crippen LogP contribution in [0.15, 0.2) is 40.9 Å². The zero-order valence-electron chi connectivity index (χ0n) is 11.5. The summed E-state index contributed by atoms with van der Waals surface area (Å²) >= 11 is 0. The van der Waals surface area contributed by atoms with Gasteiger partial charge in [-0.2, -0.15) is 5.10 Å². The lowest BCUT2D eigenvalue weighted by Gasteiger charge is -2.01.